The minimum Gasteiger partial charge on any atom is -0.507 e. The molecule has 1 heterocycles. The Morgan fingerprint density at radius 2 is 1.79 bits per heavy atom. The van der Waals surface area contributed by atoms with Crippen molar-refractivity contribution < 1.29 is 29.6 Å². The van der Waals surface area contributed by atoms with Gasteiger partial charge in [0.05, 0.1) is 31.2 Å². The summed E-state index contributed by atoms with van der Waals surface area (Å²) in [4.78, 5) is 28.9. The molecule has 1 aliphatic heterocycles. The molecule has 0 aromatic heterocycles. The predicted molar refractivity (Wildman–Crippen MR) is 164 cm³/mol. The molecule has 7 heteroatoms. The number of hydrogen-bond donors (Lipinski definition) is 3. The van der Waals surface area contributed by atoms with Crippen LogP contribution in [0.1, 0.15) is 76.7 Å². The van der Waals surface area contributed by atoms with E-state index in [2.05, 4.69) is 13.0 Å². The van der Waals surface area contributed by atoms with Crippen molar-refractivity contribution in [1.82, 2.24) is 4.90 Å². The van der Waals surface area contributed by atoms with Crippen LogP contribution in [0.4, 0.5) is 0 Å². The number of allylic oxidation sites excluding steroid dienone is 1. The number of fused-ring (bicyclic) bond motifs is 2. The number of imide groups is 1. The maximum Gasteiger partial charge on any atom is 0.234 e. The molecule has 4 atom stereocenters. The number of aliphatic hydroxyl groups is 2. The number of carbonyl (C=O) groups is 2. The van der Waals surface area contributed by atoms with Crippen molar-refractivity contribution in [3.8, 4) is 5.75 Å². The molecule has 0 unspecified atom stereocenters. The van der Waals surface area contributed by atoms with Crippen LogP contribution >= 0.6 is 0 Å². The van der Waals surface area contributed by atoms with Crippen molar-refractivity contribution in [1.29, 1.82) is 0 Å². The van der Waals surface area contributed by atoms with Crippen molar-refractivity contribution in [3.05, 3.63) is 58.7 Å². The number of likely N-dealkylation sites (tertiary alicyclic amines) is 1. The van der Waals surface area contributed by atoms with Gasteiger partial charge in [-0.25, -0.2) is 0 Å². The van der Waals surface area contributed by atoms with Gasteiger partial charge >= 0.3 is 0 Å². The average Bonchev–Trinajstić information content (AvgIpc) is 3.26. The number of phenols is 1. The summed E-state index contributed by atoms with van der Waals surface area (Å²) in [6.45, 7) is 2.09. The second-order valence-electron chi connectivity index (χ2n) is 12.3. The molecule has 42 heavy (non-hydrogen) atoms. The summed E-state index contributed by atoms with van der Waals surface area (Å²) in [5.41, 5.74) is 3.72. The van der Waals surface area contributed by atoms with Crippen LogP contribution in [0.2, 0.25) is 0 Å². The van der Waals surface area contributed by atoms with Crippen LogP contribution in [0.5, 0.6) is 5.75 Å². The third kappa shape index (κ3) is 5.92. The molecule has 3 aliphatic rings. The quantitative estimate of drug-likeness (QED) is 0.232. The average molecular weight is 576 g/mol. The molecule has 2 fully saturated rings. The van der Waals surface area contributed by atoms with Crippen molar-refractivity contribution in [3.63, 3.8) is 0 Å². The molecule has 2 amide bonds. The van der Waals surface area contributed by atoms with Gasteiger partial charge in [0, 0.05) is 24.5 Å². The zero-order valence-electron chi connectivity index (χ0n) is 24.9. The van der Waals surface area contributed by atoms with Crippen molar-refractivity contribution in [2.45, 2.75) is 83.3 Å². The van der Waals surface area contributed by atoms with Crippen LogP contribution < -0.4 is 0 Å². The molecule has 3 N–H and O–H groups in total. The van der Waals surface area contributed by atoms with Gasteiger partial charge in [0.25, 0.3) is 0 Å². The van der Waals surface area contributed by atoms with Gasteiger partial charge in [0.15, 0.2) is 0 Å². The highest BCUT2D eigenvalue weighted by atomic mass is 16.5. The lowest BCUT2D eigenvalue weighted by molar-refractivity contribution is -0.143. The maximum absolute atomic E-state index is 13.8. The van der Waals surface area contributed by atoms with E-state index in [1.165, 1.54) is 10.5 Å². The zero-order valence-corrected chi connectivity index (χ0v) is 24.9. The van der Waals surface area contributed by atoms with Crippen LogP contribution in [0.3, 0.4) is 0 Å². The SMILES string of the molecule is CCC/C(=C\c1ccc(O)c2ccccc12)CC[C@@H](O)C1=C(COC)C[C@H]2C(=O)N(C3CCCCC3)C(=O)[C@H]2[C@H]1CO. The Hall–Kier alpha value is -3.00. The topological polar surface area (TPSA) is 107 Å². The summed E-state index contributed by atoms with van der Waals surface area (Å²) in [5, 5.41) is 34.4. The molecule has 2 aliphatic carbocycles. The smallest absolute Gasteiger partial charge is 0.234 e. The normalized spacial score (nSPS) is 24.5. The highest BCUT2D eigenvalue weighted by Crippen LogP contribution is 2.47. The molecule has 2 aromatic carbocycles. The molecule has 5 rings (SSSR count). The van der Waals surface area contributed by atoms with E-state index in [0.717, 1.165) is 66.9 Å². The fourth-order valence-electron chi connectivity index (χ4n) is 7.71. The van der Waals surface area contributed by atoms with Crippen LogP contribution in [-0.2, 0) is 14.3 Å². The highest BCUT2D eigenvalue weighted by molar-refractivity contribution is 6.06. The van der Waals surface area contributed by atoms with Gasteiger partial charge in [-0.15, -0.1) is 0 Å². The van der Waals surface area contributed by atoms with E-state index in [9.17, 15) is 24.9 Å². The molecule has 226 valence electrons. The van der Waals surface area contributed by atoms with Gasteiger partial charge in [-0.3, -0.25) is 14.5 Å². The first-order valence-corrected chi connectivity index (χ1v) is 15.7. The van der Waals surface area contributed by atoms with Gasteiger partial charge in [-0.05, 0) is 66.7 Å². The largest absolute Gasteiger partial charge is 0.507 e. The Balaban J connectivity index is 1.40. The summed E-state index contributed by atoms with van der Waals surface area (Å²) in [7, 11) is 1.59. The third-order valence-electron chi connectivity index (χ3n) is 9.64. The van der Waals surface area contributed by atoms with Crippen molar-refractivity contribution in [2.75, 3.05) is 20.3 Å². The van der Waals surface area contributed by atoms with Crippen LogP contribution in [0, 0.1) is 17.8 Å². The number of aliphatic hydroxyl groups excluding tert-OH is 2. The number of phenolic OH excluding ortho intramolecular Hbond substituents is 1. The second-order valence-corrected chi connectivity index (χ2v) is 12.3. The van der Waals surface area contributed by atoms with Crippen LogP contribution in [0.25, 0.3) is 16.8 Å². The molecule has 7 nitrogen and oxygen atoms in total. The number of aromatic hydroxyl groups is 1. The number of benzene rings is 2. The Morgan fingerprint density at radius 3 is 2.48 bits per heavy atom. The highest BCUT2D eigenvalue weighted by Gasteiger charge is 2.56. The zero-order chi connectivity index (χ0) is 29.8. The number of amides is 2. The molecule has 0 spiro atoms. The summed E-state index contributed by atoms with van der Waals surface area (Å²) in [5.74, 6) is -1.79. The molecular formula is C35H45NO6. The van der Waals surface area contributed by atoms with E-state index in [1.54, 1.807) is 13.2 Å². The molecule has 0 radical (unpaired) electrons. The first kappa shape index (κ1) is 30.5. The number of rotatable bonds is 11. The number of carbonyl (C=O) groups excluding carboxylic acids is 2. The Morgan fingerprint density at radius 1 is 1.05 bits per heavy atom. The first-order chi connectivity index (χ1) is 20.4. The predicted octanol–water partition coefficient (Wildman–Crippen LogP) is 5.76. The standard InChI is InChI=1S/C35H45NO6/c1-3-9-22(18-23-15-17-30(38)27-13-8-7-12-26(23)27)14-16-31(39)32-24(21-42-2)19-28-33(29(32)20-37)35(41)36(34(28)40)25-10-5-4-6-11-25/h7-8,12-13,15,17-18,25,28-29,31,33,37-39H,3-6,9-11,14,16,19-21H2,1-2H3/b22-18+/t28-,29+,31-,33-/m1/s1. The number of ether oxygens (including phenoxy) is 1. The van der Waals surface area contributed by atoms with Gasteiger partial charge in [-0.2, -0.15) is 0 Å². The van der Waals surface area contributed by atoms with Crippen molar-refractivity contribution in [2.24, 2.45) is 17.8 Å². The summed E-state index contributed by atoms with van der Waals surface area (Å²) in [6, 6.07) is 11.4. The van der Waals surface area contributed by atoms with Crippen LogP contribution in [-0.4, -0.2) is 64.5 Å². The Bertz CT molecular complexity index is 1360. The summed E-state index contributed by atoms with van der Waals surface area (Å²) in [6.07, 6.45) is 9.42. The first-order valence-electron chi connectivity index (χ1n) is 15.7. The van der Waals surface area contributed by atoms with Gasteiger partial charge in [-0.1, -0.05) is 74.6 Å². The fraction of sp³-hybridized carbons (Fsp3) is 0.543. The van der Waals surface area contributed by atoms with Gasteiger partial charge < -0.3 is 20.1 Å². The van der Waals surface area contributed by atoms with Gasteiger partial charge in [0.2, 0.25) is 11.8 Å². The van der Waals surface area contributed by atoms with E-state index < -0.39 is 23.9 Å². The number of methoxy groups -OCH3 is 1. The van der Waals surface area contributed by atoms with Gasteiger partial charge in [0.1, 0.15) is 5.75 Å². The fourth-order valence-corrected chi connectivity index (χ4v) is 7.71. The lowest BCUT2D eigenvalue weighted by atomic mass is 9.68. The third-order valence-corrected chi connectivity index (χ3v) is 9.64. The Kier molecular flexibility index (Phi) is 9.81. The minimum absolute atomic E-state index is 0.0549. The lowest BCUT2D eigenvalue weighted by Crippen LogP contribution is -2.42. The van der Waals surface area contributed by atoms with E-state index in [-0.39, 0.29) is 36.8 Å². The molecular weight excluding hydrogens is 530 g/mol. The minimum atomic E-state index is -0.864. The monoisotopic (exact) mass is 575 g/mol. The maximum atomic E-state index is 13.8. The van der Waals surface area contributed by atoms with E-state index in [0.29, 0.717) is 24.8 Å². The summed E-state index contributed by atoms with van der Waals surface area (Å²) < 4.78 is 5.51. The van der Waals surface area contributed by atoms with Crippen molar-refractivity contribution >= 4 is 28.7 Å². The number of hydrogen-bond acceptors (Lipinski definition) is 6. The molecule has 1 saturated heterocycles. The van der Waals surface area contributed by atoms with E-state index >= 15 is 0 Å². The molecule has 1 saturated carbocycles. The molecule has 0 bridgehead atoms. The Labute approximate surface area is 248 Å². The van der Waals surface area contributed by atoms with E-state index in [4.69, 9.17) is 4.74 Å². The van der Waals surface area contributed by atoms with Crippen LogP contribution in [0.15, 0.2) is 53.1 Å². The van der Waals surface area contributed by atoms with E-state index in [1.807, 2.05) is 30.3 Å². The lowest BCUT2D eigenvalue weighted by Gasteiger charge is -2.36. The molecule has 2 aromatic rings. The number of nitrogens with zero attached hydrogens (tertiary/aromatic N) is 1. The summed E-state index contributed by atoms with van der Waals surface area (Å²) >= 11 is 0. The second kappa shape index (κ2) is 13.5.